The van der Waals surface area contributed by atoms with Crippen LogP contribution in [0.25, 0.3) is 0 Å². The fraction of sp³-hybridized carbons (Fsp3) is 0.409. The molecule has 32 heavy (non-hydrogen) atoms. The lowest BCUT2D eigenvalue weighted by atomic mass is 10.2. The minimum absolute atomic E-state index is 0.0231. The summed E-state index contributed by atoms with van der Waals surface area (Å²) in [7, 11) is -3.93. The van der Waals surface area contributed by atoms with Crippen molar-refractivity contribution in [3.8, 4) is 0 Å². The Morgan fingerprint density at radius 1 is 1.12 bits per heavy atom. The van der Waals surface area contributed by atoms with E-state index < -0.39 is 22.0 Å². The lowest BCUT2D eigenvalue weighted by Crippen LogP contribution is -2.41. The van der Waals surface area contributed by atoms with Crippen molar-refractivity contribution in [1.82, 2.24) is 14.6 Å². The highest BCUT2D eigenvalue weighted by molar-refractivity contribution is 7.89. The van der Waals surface area contributed by atoms with Crippen molar-refractivity contribution in [2.75, 3.05) is 29.9 Å². The molecule has 3 heterocycles. The Labute approximate surface area is 187 Å². The third-order valence-corrected chi connectivity index (χ3v) is 7.38. The number of hydrogen-bond acceptors (Lipinski definition) is 5. The summed E-state index contributed by atoms with van der Waals surface area (Å²) in [5, 5.41) is 2.64. The highest BCUT2D eigenvalue weighted by atomic mass is 32.2. The standard InChI is InChI=1S/C22H27N5O4S/c1-15-6-5-10-23-20(15)24-21(28)16(2)25-32(30,31)18-7-8-19-17(14-18)9-13-27(19)22(29)26-11-3-4-12-26/h5-8,10,14,16,25H,3-4,9,11-13H2,1-2H3,(H,23,24,28). The molecule has 1 atom stereocenters. The minimum Gasteiger partial charge on any atom is -0.324 e. The van der Waals surface area contributed by atoms with Gasteiger partial charge in [0.1, 0.15) is 5.82 Å². The largest absolute Gasteiger partial charge is 0.324 e. The van der Waals surface area contributed by atoms with Crippen LogP contribution in [0.3, 0.4) is 0 Å². The van der Waals surface area contributed by atoms with Gasteiger partial charge in [-0.2, -0.15) is 4.72 Å². The number of benzene rings is 1. The predicted octanol–water partition coefficient (Wildman–Crippen LogP) is 2.27. The summed E-state index contributed by atoms with van der Waals surface area (Å²) in [6, 6.07) is 7.28. The highest BCUT2D eigenvalue weighted by Gasteiger charge is 2.31. The van der Waals surface area contributed by atoms with E-state index in [0.717, 1.165) is 42.7 Å². The lowest BCUT2D eigenvalue weighted by molar-refractivity contribution is -0.117. The lowest BCUT2D eigenvalue weighted by Gasteiger charge is -2.24. The molecule has 10 heteroatoms. The van der Waals surface area contributed by atoms with Gasteiger partial charge in [0.05, 0.1) is 10.9 Å². The summed E-state index contributed by atoms with van der Waals surface area (Å²) in [4.78, 5) is 33.0. The van der Waals surface area contributed by atoms with E-state index in [1.807, 2.05) is 4.90 Å². The zero-order chi connectivity index (χ0) is 22.9. The first-order chi connectivity index (χ1) is 15.3. The Hall–Kier alpha value is -2.98. The number of sulfonamides is 1. The molecule has 4 rings (SSSR count). The first-order valence-corrected chi connectivity index (χ1v) is 12.2. The molecule has 0 saturated carbocycles. The van der Waals surface area contributed by atoms with Gasteiger partial charge in [0.25, 0.3) is 0 Å². The zero-order valence-corrected chi connectivity index (χ0v) is 19.0. The van der Waals surface area contributed by atoms with Crippen LogP contribution in [0, 0.1) is 6.92 Å². The van der Waals surface area contributed by atoms with Crippen LogP contribution < -0.4 is 14.9 Å². The van der Waals surface area contributed by atoms with E-state index in [0.29, 0.717) is 18.8 Å². The van der Waals surface area contributed by atoms with Crippen molar-refractivity contribution >= 4 is 33.5 Å². The molecule has 0 aliphatic carbocycles. The first kappa shape index (κ1) is 22.2. The fourth-order valence-electron chi connectivity index (χ4n) is 4.02. The summed E-state index contributed by atoms with van der Waals surface area (Å²) >= 11 is 0. The Kier molecular flexibility index (Phi) is 6.16. The first-order valence-electron chi connectivity index (χ1n) is 10.7. The number of rotatable bonds is 5. The predicted molar refractivity (Wildman–Crippen MR) is 121 cm³/mol. The van der Waals surface area contributed by atoms with Crippen LogP contribution >= 0.6 is 0 Å². The maximum Gasteiger partial charge on any atom is 0.324 e. The van der Waals surface area contributed by atoms with Crippen LogP contribution in [-0.4, -0.2) is 55.9 Å². The van der Waals surface area contributed by atoms with Gasteiger partial charge in [-0.1, -0.05) is 6.07 Å². The van der Waals surface area contributed by atoms with Gasteiger partial charge in [-0.05, 0) is 68.5 Å². The van der Waals surface area contributed by atoms with Crippen LogP contribution in [0.4, 0.5) is 16.3 Å². The summed E-state index contributed by atoms with van der Waals surface area (Å²) in [6.45, 7) is 5.34. The van der Waals surface area contributed by atoms with Crippen molar-refractivity contribution in [2.24, 2.45) is 0 Å². The van der Waals surface area contributed by atoms with Gasteiger partial charge in [0.15, 0.2) is 0 Å². The maximum absolute atomic E-state index is 12.9. The van der Waals surface area contributed by atoms with Gasteiger partial charge in [0, 0.05) is 31.5 Å². The molecule has 2 aliphatic rings. The summed E-state index contributed by atoms with van der Waals surface area (Å²) in [6.07, 6.45) is 4.18. The van der Waals surface area contributed by atoms with Gasteiger partial charge in [0.2, 0.25) is 15.9 Å². The molecule has 9 nitrogen and oxygen atoms in total. The molecule has 0 spiro atoms. The Morgan fingerprint density at radius 3 is 2.59 bits per heavy atom. The second-order valence-electron chi connectivity index (χ2n) is 8.17. The number of aryl methyl sites for hydroxylation is 1. The second-order valence-corrected chi connectivity index (χ2v) is 9.88. The zero-order valence-electron chi connectivity index (χ0n) is 18.2. The minimum atomic E-state index is -3.93. The molecule has 3 amide bonds. The normalized spacial score (nSPS) is 16.7. The van der Waals surface area contributed by atoms with Crippen molar-refractivity contribution in [3.63, 3.8) is 0 Å². The number of fused-ring (bicyclic) bond motifs is 1. The Bertz CT molecular complexity index is 1140. The molecule has 2 N–H and O–H groups in total. The van der Waals surface area contributed by atoms with Crippen LogP contribution in [0.2, 0.25) is 0 Å². The third-order valence-electron chi connectivity index (χ3n) is 5.84. The van der Waals surface area contributed by atoms with Gasteiger partial charge in [-0.15, -0.1) is 0 Å². The van der Waals surface area contributed by atoms with Crippen LogP contribution in [0.5, 0.6) is 0 Å². The quantitative estimate of drug-likeness (QED) is 0.715. The SMILES string of the molecule is Cc1cccnc1NC(=O)C(C)NS(=O)(=O)c1ccc2c(c1)CCN2C(=O)N1CCCC1. The molecule has 0 radical (unpaired) electrons. The van der Waals surface area contributed by atoms with E-state index >= 15 is 0 Å². The molecule has 1 saturated heterocycles. The number of urea groups is 1. The summed E-state index contributed by atoms with van der Waals surface area (Å²) in [5.74, 6) is -0.109. The van der Waals surface area contributed by atoms with E-state index in [1.54, 1.807) is 42.3 Å². The number of carbonyl (C=O) groups excluding carboxylic acids is 2. The number of nitrogens with zero attached hydrogens (tertiary/aromatic N) is 3. The third kappa shape index (κ3) is 4.46. The van der Waals surface area contributed by atoms with Crippen molar-refractivity contribution in [3.05, 3.63) is 47.7 Å². The molecule has 1 aromatic carbocycles. The Balaban J connectivity index is 1.45. The number of aromatic nitrogens is 1. The molecule has 1 aromatic heterocycles. The fourth-order valence-corrected chi connectivity index (χ4v) is 5.27. The van der Waals surface area contributed by atoms with E-state index in [9.17, 15) is 18.0 Å². The topological polar surface area (TPSA) is 112 Å². The number of nitrogens with one attached hydrogen (secondary N) is 2. The molecule has 2 aliphatic heterocycles. The van der Waals surface area contributed by atoms with Crippen molar-refractivity contribution in [1.29, 1.82) is 0 Å². The van der Waals surface area contributed by atoms with Gasteiger partial charge in [-0.3, -0.25) is 9.69 Å². The number of anilines is 2. The number of hydrogen-bond donors (Lipinski definition) is 2. The second kappa shape index (κ2) is 8.87. The monoisotopic (exact) mass is 457 g/mol. The molecule has 1 unspecified atom stereocenters. The van der Waals surface area contributed by atoms with Gasteiger partial charge in [-0.25, -0.2) is 18.2 Å². The van der Waals surface area contributed by atoms with Crippen LogP contribution in [0.1, 0.15) is 30.9 Å². The van der Waals surface area contributed by atoms with E-state index in [4.69, 9.17) is 0 Å². The molecular weight excluding hydrogens is 430 g/mol. The van der Waals surface area contributed by atoms with Crippen LogP contribution in [-0.2, 0) is 21.2 Å². The molecule has 170 valence electrons. The number of likely N-dealkylation sites (tertiary alicyclic amines) is 1. The molecule has 2 aromatic rings. The van der Waals surface area contributed by atoms with Crippen LogP contribution in [0.15, 0.2) is 41.4 Å². The smallest absolute Gasteiger partial charge is 0.324 e. The van der Waals surface area contributed by atoms with Crippen molar-refractivity contribution in [2.45, 2.75) is 44.0 Å². The summed E-state index contributed by atoms with van der Waals surface area (Å²) < 4.78 is 28.2. The number of pyridine rings is 1. The molecular formula is C22H27N5O4S. The highest BCUT2D eigenvalue weighted by Crippen LogP contribution is 2.31. The molecule has 1 fully saturated rings. The Morgan fingerprint density at radius 2 is 1.88 bits per heavy atom. The summed E-state index contributed by atoms with van der Waals surface area (Å²) in [5.41, 5.74) is 2.33. The van der Waals surface area contributed by atoms with Gasteiger partial charge < -0.3 is 10.2 Å². The van der Waals surface area contributed by atoms with E-state index in [2.05, 4.69) is 15.0 Å². The van der Waals surface area contributed by atoms with Gasteiger partial charge >= 0.3 is 6.03 Å². The number of amides is 3. The average Bonchev–Trinajstić information content (AvgIpc) is 3.44. The molecule has 0 bridgehead atoms. The van der Waals surface area contributed by atoms with E-state index in [1.165, 1.54) is 13.0 Å². The maximum atomic E-state index is 12.9. The number of carbonyl (C=O) groups is 2. The average molecular weight is 458 g/mol. The van der Waals surface area contributed by atoms with Crippen molar-refractivity contribution < 1.29 is 18.0 Å². The van der Waals surface area contributed by atoms with E-state index in [-0.39, 0.29) is 10.9 Å².